The number of hydrogen-bond acceptors (Lipinski definition) is 3. The van der Waals surface area contributed by atoms with E-state index in [1.807, 2.05) is 0 Å². The van der Waals surface area contributed by atoms with Crippen LogP contribution in [0.1, 0.15) is 25.7 Å². The number of hydrogen-bond donors (Lipinski definition) is 2. The van der Waals surface area contributed by atoms with E-state index in [2.05, 4.69) is 5.32 Å². The molecule has 1 aliphatic rings. The van der Waals surface area contributed by atoms with Gasteiger partial charge in [0.05, 0.1) is 23.4 Å². The molecule has 1 aliphatic carbocycles. The minimum atomic E-state index is -0.847. The maximum Gasteiger partial charge on any atom is 0.227 e. The molecular formula is C13H16F2N2O2. The van der Waals surface area contributed by atoms with Gasteiger partial charge >= 0.3 is 0 Å². The van der Waals surface area contributed by atoms with Crippen molar-refractivity contribution in [3.63, 3.8) is 0 Å². The molecule has 0 unspecified atom stereocenters. The van der Waals surface area contributed by atoms with Crippen molar-refractivity contribution in [2.45, 2.75) is 31.3 Å². The van der Waals surface area contributed by atoms with Crippen molar-refractivity contribution in [3.05, 3.63) is 23.8 Å². The fraction of sp³-hybridized carbons (Fsp3) is 0.462. The first-order chi connectivity index (χ1) is 8.96. The van der Waals surface area contributed by atoms with Crippen LogP contribution in [0.15, 0.2) is 12.1 Å². The predicted molar refractivity (Wildman–Crippen MR) is 67.6 cm³/mol. The van der Waals surface area contributed by atoms with Crippen LogP contribution in [0, 0.1) is 11.6 Å². The molecule has 3 N–H and O–H groups in total. The van der Waals surface area contributed by atoms with Gasteiger partial charge in [0.25, 0.3) is 0 Å². The summed E-state index contributed by atoms with van der Waals surface area (Å²) in [4.78, 5) is 11.8. The van der Waals surface area contributed by atoms with Gasteiger partial charge in [-0.05, 0) is 25.3 Å². The smallest absolute Gasteiger partial charge is 0.227 e. The Morgan fingerprint density at radius 2 is 2.11 bits per heavy atom. The summed E-state index contributed by atoms with van der Waals surface area (Å²) in [6.07, 6.45) is 2.79. The Balaban J connectivity index is 2.05. The fourth-order valence-electron chi connectivity index (χ4n) is 2.17. The van der Waals surface area contributed by atoms with Crippen LogP contribution in [0.3, 0.4) is 0 Å². The zero-order valence-electron chi connectivity index (χ0n) is 10.6. The van der Waals surface area contributed by atoms with Crippen molar-refractivity contribution in [3.8, 4) is 0 Å². The number of rotatable bonds is 4. The van der Waals surface area contributed by atoms with E-state index in [0.29, 0.717) is 6.07 Å². The molecule has 0 heterocycles. The van der Waals surface area contributed by atoms with E-state index in [1.54, 1.807) is 7.11 Å². The van der Waals surface area contributed by atoms with E-state index in [0.717, 1.165) is 25.3 Å². The summed E-state index contributed by atoms with van der Waals surface area (Å²) in [5, 5.41) is 2.40. The van der Waals surface area contributed by atoms with Gasteiger partial charge in [-0.3, -0.25) is 4.79 Å². The third-order valence-corrected chi connectivity index (χ3v) is 3.54. The maximum absolute atomic E-state index is 13.5. The fourth-order valence-corrected chi connectivity index (χ4v) is 2.17. The van der Waals surface area contributed by atoms with Crippen molar-refractivity contribution in [2.75, 3.05) is 18.2 Å². The largest absolute Gasteiger partial charge is 0.396 e. The van der Waals surface area contributed by atoms with Crippen LogP contribution < -0.4 is 11.1 Å². The van der Waals surface area contributed by atoms with Crippen molar-refractivity contribution in [1.29, 1.82) is 0 Å². The minimum absolute atomic E-state index is 0.116. The van der Waals surface area contributed by atoms with Crippen LogP contribution in [0.5, 0.6) is 0 Å². The minimum Gasteiger partial charge on any atom is -0.396 e. The van der Waals surface area contributed by atoms with Crippen LogP contribution in [0.2, 0.25) is 0 Å². The molecule has 0 radical (unpaired) electrons. The van der Waals surface area contributed by atoms with Gasteiger partial charge in [0.15, 0.2) is 0 Å². The standard InChI is InChI=1S/C13H16F2N2O2/c1-19-13(3-2-4-13)7-12(18)17-11-6-10(16)8(14)5-9(11)15/h5-6H,2-4,7,16H2,1H3,(H,17,18). The summed E-state index contributed by atoms with van der Waals surface area (Å²) >= 11 is 0. The van der Waals surface area contributed by atoms with E-state index in [4.69, 9.17) is 10.5 Å². The van der Waals surface area contributed by atoms with Crippen molar-refractivity contribution in [1.82, 2.24) is 0 Å². The number of nitrogens with one attached hydrogen (secondary N) is 1. The molecule has 2 rings (SSSR count). The first-order valence-electron chi connectivity index (χ1n) is 6.05. The Hall–Kier alpha value is -1.69. The van der Waals surface area contributed by atoms with E-state index >= 15 is 0 Å². The highest BCUT2D eigenvalue weighted by Crippen LogP contribution is 2.38. The normalized spacial score (nSPS) is 16.8. The predicted octanol–water partition coefficient (Wildman–Crippen LogP) is 2.44. The molecule has 0 spiro atoms. The number of methoxy groups -OCH3 is 1. The molecule has 0 atom stereocenters. The lowest BCUT2D eigenvalue weighted by Gasteiger charge is -2.39. The quantitative estimate of drug-likeness (QED) is 0.826. The molecule has 104 valence electrons. The summed E-state index contributed by atoms with van der Waals surface area (Å²) < 4.78 is 31.8. The Kier molecular flexibility index (Phi) is 3.71. The lowest BCUT2D eigenvalue weighted by atomic mass is 9.77. The number of carbonyl (C=O) groups is 1. The highest BCUT2D eigenvalue weighted by Gasteiger charge is 2.39. The average Bonchev–Trinajstić information content (AvgIpc) is 2.31. The molecule has 0 saturated heterocycles. The number of nitrogen functional groups attached to an aromatic ring is 1. The van der Waals surface area contributed by atoms with Gasteiger partial charge in [-0.2, -0.15) is 0 Å². The van der Waals surface area contributed by atoms with E-state index < -0.39 is 17.2 Å². The van der Waals surface area contributed by atoms with Crippen LogP contribution in [0.4, 0.5) is 20.2 Å². The second-order valence-corrected chi connectivity index (χ2v) is 4.82. The average molecular weight is 270 g/mol. The van der Waals surface area contributed by atoms with Crippen LogP contribution >= 0.6 is 0 Å². The highest BCUT2D eigenvalue weighted by molar-refractivity contribution is 5.92. The zero-order chi connectivity index (χ0) is 14.0. The molecule has 4 nitrogen and oxygen atoms in total. The number of carbonyl (C=O) groups excluding carboxylic acids is 1. The summed E-state index contributed by atoms with van der Waals surface area (Å²) in [6, 6.07) is 1.73. The van der Waals surface area contributed by atoms with Gasteiger partial charge in [0.1, 0.15) is 11.6 Å². The topological polar surface area (TPSA) is 64.3 Å². The zero-order valence-corrected chi connectivity index (χ0v) is 10.6. The second-order valence-electron chi connectivity index (χ2n) is 4.82. The van der Waals surface area contributed by atoms with Gasteiger partial charge in [-0.1, -0.05) is 0 Å². The van der Waals surface area contributed by atoms with Gasteiger partial charge in [0, 0.05) is 13.2 Å². The molecule has 0 bridgehead atoms. The molecular weight excluding hydrogens is 254 g/mol. The monoisotopic (exact) mass is 270 g/mol. The number of amides is 1. The van der Waals surface area contributed by atoms with E-state index in [9.17, 15) is 13.6 Å². The molecule has 19 heavy (non-hydrogen) atoms. The molecule has 1 saturated carbocycles. The summed E-state index contributed by atoms with van der Waals surface area (Å²) in [5.41, 5.74) is 4.58. The highest BCUT2D eigenvalue weighted by atomic mass is 19.1. The number of anilines is 2. The third kappa shape index (κ3) is 2.84. The van der Waals surface area contributed by atoms with E-state index in [1.165, 1.54) is 0 Å². The van der Waals surface area contributed by atoms with Gasteiger partial charge in [-0.15, -0.1) is 0 Å². The molecule has 1 aromatic rings. The van der Waals surface area contributed by atoms with Crippen LogP contribution in [-0.4, -0.2) is 18.6 Å². The molecule has 1 aromatic carbocycles. The number of ether oxygens (including phenoxy) is 1. The summed E-state index contributed by atoms with van der Waals surface area (Å²) in [6.45, 7) is 0. The van der Waals surface area contributed by atoms with Crippen LogP contribution in [0.25, 0.3) is 0 Å². The Morgan fingerprint density at radius 1 is 1.42 bits per heavy atom. The lowest BCUT2D eigenvalue weighted by Crippen LogP contribution is -2.42. The molecule has 0 aliphatic heterocycles. The van der Waals surface area contributed by atoms with Gasteiger partial charge in [0.2, 0.25) is 5.91 Å². The lowest BCUT2D eigenvalue weighted by molar-refractivity contribution is -0.129. The Morgan fingerprint density at radius 3 is 2.63 bits per heavy atom. The molecule has 1 amide bonds. The van der Waals surface area contributed by atoms with Crippen molar-refractivity contribution in [2.24, 2.45) is 0 Å². The molecule has 6 heteroatoms. The van der Waals surface area contributed by atoms with E-state index in [-0.39, 0.29) is 23.7 Å². The second kappa shape index (κ2) is 5.13. The SMILES string of the molecule is COC1(CC(=O)Nc2cc(N)c(F)cc2F)CCC1. The molecule has 1 fully saturated rings. The van der Waals surface area contributed by atoms with Crippen molar-refractivity contribution < 1.29 is 18.3 Å². The summed E-state index contributed by atoms with van der Waals surface area (Å²) in [7, 11) is 1.56. The van der Waals surface area contributed by atoms with Crippen molar-refractivity contribution >= 4 is 17.3 Å². The molecule has 0 aromatic heterocycles. The van der Waals surface area contributed by atoms with Gasteiger partial charge in [-0.25, -0.2) is 8.78 Å². The third-order valence-electron chi connectivity index (χ3n) is 3.54. The maximum atomic E-state index is 13.5. The number of nitrogens with two attached hydrogens (primary N) is 1. The number of benzene rings is 1. The first kappa shape index (κ1) is 13.7. The van der Waals surface area contributed by atoms with Gasteiger partial charge < -0.3 is 15.8 Å². The van der Waals surface area contributed by atoms with Crippen LogP contribution in [-0.2, 0) is 9.53 Å². The first-order valence-corrected chi connectivity index (χ1v) is 6.05. The Labute approximate surface area is 109 Å². The summed E-state index contributed by atoms with van der Waals surface area (Å²) in [5.74, 6) is -2.06. The Bertz CT molecular complexity index is 496. The number of halogens is 2.